The van der Waals surface area contributed by atoms with Crippen LogP contribution in [0, 0.1) is 17.8 Å². The van der Waals surface area contributed by atoms with Crippen molar-refractivity contribution in [2.45, 2.75) is 58.4 Å². The molecule has 10 nitrogen and oxygen atoms in total. The minimum absolute atomic E-state index is 0.0824. The third-order valence-electron chi connectivity index (χ3n) is 5.99. The fourth-order valence-electron chi connectivity index (χ4n) is 4.05. The summed E-state index contributed by atoms with van der Waals surface area (Å²) in [5.41, 5.74) is 0. The molecule has 2 fully saturated rings. The molecule has 0 spiro atoms. The van der Waals surface area contributed by atoms with Crippen molar-refractivity contribution in [3.63, 3.8) is 0 Å². The first-order valence-corrected chi connectivity index (χ1v) is 11.7. The highest BCUT2D eigenvalue weighted by atomic mass is 16.5. The van der Waals surface area contributed by atoms with E-state index in [1.807, 2.05) is 13.8 Å². The second-order valence-electron chi connectivity index (χ2n) is 9.18. The summed E-state index contributed by atoms with van der Waals surface area (Å²) < 4.78 is 4.94. The van der Waals surface area contributed by atoms with E-state index in [-0.39, 0.29) is 36.8 Å². The maximum atomic E-state index is 12.6. The summed E-state index contributed by atoms with van der Waals surface area (Å²) in [5, 5.41) is 17.5. The predicted octanol–water partition coefficient (Wildman–Crippen LogP) is 0.956. The van der Waals surface area contributed by atoms with Gasteiger partial charge in [-0.15, -0.1) is 0 Å². The predicted molar refractivity (Wildman–Crippen MR) is 118 cm³/mol. The van der Waals surface area contributed by atoms with E-state index in [1.54, 1.807) is 4.90 Å². The van der Waals surface area contributed by atoms with E-state index in [0.717, 1.165) is 38.8 Å². The Hall–Kier alpha value is -2.36. The van der Waals surface area contributed by atoms with Crippen LogP contribution in [0.15, 0.2) is 0 Å². The van der Waals surface area contributed by atoms with Crippen molar-refractivity contribution < 1.29 is 29.0 Å². The maximum Gasteiger partial charge on any atom is 0.407 e. The fourth-order valence-corrected chi connectivity index (χ4v) is 4.05. The zero-order chi connectivity index (χ0) is 23.5. The Kier molecular flexibility index (Phi) is 10.7. The lowest BCUT2D eigenvalue weighted by Gasteiger charge is -2.33. The first-order chi connectivity index (χ1) is 15.3. The number of rotatable bonds is 10. The summed E-state index contributed by atoms with van der Waals surface area (Å²) in [5.74, 6) is -1.15. The molecule has 3 amide bonds. The van der Waals surface area contributed by atoms with Gasteiger partial charge in [0.2, 0.25) is 11.8 Å². The molecule has 0 aromatic heterocycles. The largest absolute Gasteiger partial charge is 0.480 e. The highest BCUT2D eigenvalue weighted by Crippen LogP contribution is 2.21. The Labute approximate surface area is 189 Å². The average molecular weight is 455 g/mol. The van der Waals surface area contributed by atoms with Gasteiger partial charge in [-0.25, -0.2) is 9.59 Å². The van der Waals surface area contributed by atoms with Gasteiger partial charge < -0.3 is 30.7 Å². The number of piperidine rings is 2. The molecule has 0 aromatic rings. The summed E-state index contributed by atoms with van der Waals surface area (Å²) in [6.45, 7) is 6.67. The Balaban J connectivity index is 1.76. The van der Waals surface area contributed by atoms with Gasteiger partial charge in [0, 0.05) is 26.1 Å². The number of carboxylic acids is 1. The van der Waals surface area contributed by atoms with Gasteiger partial charge in [-0.2, -0.15) is 0 Å². The van der Waals surface area contributed by atoms with Crippen molar-refractivity contribution in [2.75, 3.05) is 39.3 Å². The van der Waals surface area contributed by atoms with E-state index in [0.29, 0.717) is 31.8 Å². The summed E-state index contributed by atoms with van der Waals surface area (Å²) >= 11 is 0. The van der Waals surface area contributed by atoms with Gasteiger partial charge in [-0.1, -0.05) is 13.8 Å². The summed E-state index contributed by atoms with van der Waals surface area (Å²) in [6.07, 6.45) is 4.13. The van der Waals surface area contributed by atoms with E-state index < -0.39 is 18.1 Å². The number of hydrogen-bond donors (Lipinski definition) is 4. The van der Waals surface area contributed by atoms with Crippen LogP contribution >= 0.6 is 0 Å². The molecule has 2 heterocycles. The summed E-state index contributed by atoms with van der Waals surface area (Å²) in [6, 6.07) is -1.29. The molecule has 32 heavy (non-hydrogen) atoms. The topological polar surface area (TPSA) is 137 Å². The number of carbonyl (C=O) groups is 4. The van der Waals surface area contributed by atoms with Crippen molar-refractivity contribution in [1.82, 2.24) is 20.9 Å². The molecule has 0 unspecified atom stereocenters. The number of nitrogens with one attached hydrogen (secondary N) is 3. The van der Waals surface area contributed by atoms with Gasteiger partial charge in [0.05, 0.1) is 12.5 Å². The van der Waals surface area contributed by atoms with Crippen LogP contribution in [0.25, 0.3) is 0 Å². The highest BCUT2D eigenvalue weighted by Gasteiger charge is 2.30. The molecule has 2 aliphatic rings. The second kappa shape index (κ2) is 13.2. The number of aliphatic carboxylic acids is 1. The second-order valence-corrected chi connectivity index (χ2v) is 9.18. The minimum Gasteiger partial charge on any atom is -0.480 e. The smallest absolute Gasteiger partial charge is 0.407 e. The van der Waals surface area contributed by atoms with E-state index in [2.05, 4.69) is 16.0 Å². The van der Waals surface area contributed by atoms with E-state index >= 15 is 0 Å². The first-order valence-electron chi connectivity index (χ1n) is 11.7. The van der Waals surface area contributed by atoms with Crippen LogP contribution in [0.2, 0.25) is 0 Å². The first kappa shape index (κ1) is 25.9. The number of likely N-dealkylation sites (tertiary alicyclic amines) is 1. The molecule has 0 radical (unpaired) electrons. The highest BCUT2D eigenvalue weighted by molar-refractivity contribution is 5.83. The third-order valence-corrected chi connectivity index (χ3v) is 5.99. The van der Waals surface area contributed by atoms with Gasteiger partial charge in [0.1, 0.15) is 6.04 Å². The Morgan fingerprint density at radius 2 is 1.88 bits per heavy atom. The van der Waals surface area contributed by atoms with E-state index in [1.165, 1.54) is 0 Å². The number of amides is 3. The molecule has 4 N–H and O–H groups in total. The molecule has 0 aliphatic carbocycles. The molecule has 2 atom stereocenters. The van der Waals surface area contributed by atoms with Crippen LogP contribution in [-0.2, 0) is 19.1 Å². The van der Waals surface area contributed by atoms with Crippen molar-refractivity contribution in [2.24, 2.45) is 17.8 Å². The number of carbonyl (C=O) groups excluding carboxylic acids is 3. The normalized spacial score (nSPS) is 20.5. The summed E-state index contributed by atoms with van der Waals surface area (Å²) in [7, 11) is 0. The lowest BCUT2D eigenvalue weighted by molar-refractivity contribution is -0.139. The van der Waals surface area contributed by atoms with Crippen LogP contribution in [0.5, 0.6) is 0 Å². The number of ether oxygens (including phenoxy) is 1. The molecule has 0 saturated carbocycles. The molecule has 2 rings (SSSR count). The molecular formula is C22H38N4O6. The Morgan fingerprint density at radius 1 is 1.16 bits per heavy atom. The molecule has 0 bridgehead atoms. The zero-order valence-electron chi connectivity index (χ0n) is 19.2. The van der Waals surface area contributed by atoms with Crippen molar-refractivity contribution in [3.05, 3.63) is 0 Å². The lowest BCUT2D eigenvalue weighted by atomic mass is 9.92. The summed E-state index contributed by atoms with van der Waals surface area (Å²) in [4.78, 5) is 50.2. The quantitative estimate of drug-likeness (QED) is 0.386. The fraction of sp³-hybridized carbons (Fsp3) is 0.818. The molecule has 2 saturated heterocycles. The van der Waals surface area contributed by atoms with Crippen molar-refractivity contribution in [1.29, 1.82) is 0 Å². The number of carboxylic acid groups (broad SMARTS) is 1. The van der Waals surface area contributed by atoms with Crippen LogP contribution < -0.4 is 16.0 Å². The monoisotopic (exact) mass is 454 g/mol. The lowest BCUT2D eigenvalue weighted by Crippen LogP contribution is -2.51. The molecule has 10 heteroatoms. The van der Waals surface area contributed by atoms with E-state index in [4.69, 9.17) is 4.74 Å². The van der Waals surface area contributed by atoms with Gasteiger partial charge in [0.25, 0.3) is 0 Å². The van der Waals surface area contributed by atoms with Crippen LogP contribution in [-0.4, -0.2) is 79.3 Å². The van der Waals surface area contributed by atoms with Gasteiger partial charge in [0.15, 0.2) is 0 Å². The third kappa shape index (κ3) is 9.02. The number of alkyl carbamates (subject to hydrolysis) is 1. The van der Waals surface area contributed by atoms with Crippen LogP contribution in [0.4, 0.5) is 4.79 Å². The molecule has 182 valence electrons. The van der Waals surface area contributed by atoms with Crippen LogP contribution in [0.1, 0.15) is 52.4 Å². The van der Waals surface area contributed by atoms with Gasteiger partial charge in [-0.05, 0) is 57.0 Å². The molecule has 0 aromatic carbocycles. The molecular weight excluding hydrogens is 416 g/mol. The Bertz CT molecular complexity index is 650. The minimum atomic E-state index is -1.29. The van der Waals surface area contributed by atoms with Crippen molar-refractivity contribution in [3.8, 4) is 0 Å². The average Bonchev–Trinajstić information content (AvgIpc) is 2.79. The number of nitrogens with zero attached hydrogens (tertiary/aromatic N) is 1. The zero-order valence-corrected chi connectivity index (χ0v) is 19.2. The number of hydrogen-bond acceptors (Lipinski definition) is 6. The Morgan fingerprint density at radius 3 is 2.53 bits per heavy atom. The van der Waals surface area contributed by atoms with E-state index in [9.17, 15) is 24.3 Å². The maximum absolute atomic E-state index is 12.6. The van der Waals surface area contributed by atoms with Crippen molar-refractivity contribution >= 4 is 23.9 Å². The van der Waals surface area contributed by atoms with Crippen LogP contribution in [0.3, 0.4) is 0 Å². The molecule has 2 aliphatic heterocycles. The standard InChI is InChI=1S/C22H38N4O6/c1-15(2)14-32-22(31)25-18(21(29)30)12-24-20(28)17-4-3-11-26(13-17)19(27)6-5-16-7-9-23-10-8-16/h15-18,23H,3-14H2,1-2H3,(H,24,28)(H,25,31)(H,29,30)/t17-,18+/m1/s1. The van der Waals surface area contributed by atoms with Gasteiger partial charge in [-0.3, -0.25) is 9.59 Å². The SMILES string of the molecule is CC(C)COC(=O)N[C@@H](CNC(=O)[C@@H]1CCCN(C(=O)CCC2CCNCC2)C1)C(=O)O. The van der Waals surface area contributed by atoms with Gasteiger partial charge >= 0.3 is 12.1 Å².